The molecule has 2 unspecified atom stereocenters. The van der Waals surface area contributed by atoms with Gasteiger partial charge in [-0.25, -0.2) is 14.4 Å². The molecule has 0 aliphatic carbocycles. The summed E-state index contributed by atoms with van der Waals surface area (Å²) in [6, 6.07) is 13.3. The highest BCUT2D eigenvalue weighted by Gasteiger charge is 2.43. The van der Waals surface area contributed by atoms with Crippen molar-refractivity contribution in [3.63, 3.8) is 0 Å². The maximum Gasteiger partial charge on any atom is 0.416 e. The molecule has 1 heterocycles. The molecule has 0 spiro atoms. The maximum atomic E-state index is 14.2. The molecule has 1 aliphatic heterocycles. The summed E-state index contributed by atoms with van der Waals surface area (Å²) >= 11 is 0. The summed E-state index contributed by atoms with van der Waals surface area (Å²) in [5, 5.41) is 5.85. The summed E-state index contributed by atoms with van der Waals surface area (Å²) in [6.07, 6.45) is -5.06. The average Bonchev–Trinajstić information content (AvgIpc) is 2.94. The highest BCUT2D eigenvalue weighted by molar-refractivity contribution is 6.00. The van der Waals surface area contributed by atoms with E-state index < -0.39 is 41.7 Å². The summed E-state index contributed by atoms with van der Waals surface area (Å²) in [5.41, 5.74) is -0.299. The zero-order valence-corrected chi connectivity index (χ0v) is 23.3. The molecule has 2 atom stereocenters. The van der Waals surface area contributed by atoms with Crippen LogP contribution < -0.4 is 10.6 Å². The third-order valence-electron chi connectivity index (χ3n) is 6.58. The van der Waals surface area contributed by atoms with Crippen molar-refractivity contribution in [2.24, 2.45) is 0 Å². The van der Waals surface area contributed by atoms with Crippen molar-refractivity contribution >= 4 is 18.0 Å². The first-order chi connectivity index (χ1) is 19.5. The van der Waals surface area contributed by atoms with Gasteiger partial charge in [-0.3, -0.25) is 0 Å². The van der Waals surface area contributed by atoms with Gasteiger partial charge in [0.15, 0.2) is 0 Å². The average molecular weight is 575 g/mol. The number of carbonyl (C=O) groups excluding carboxylic acids is 3. The number of allylic oxidation sites excluding steroid dienone is 2. The van der Waals surface area contributed by atoms with Crippen LogP contribution in [-0.2, 0) is 30.0 Å². The van der Waals surface area contributed by atoms with E-state index in [4.69, 9.17) is 14.2 Å². The summed E-state index contributed by atoms with van der Waals surface area (Å²) in [4.78, 5) is 38.7. The van der Waals surface area contributed by atoms with Crippen molar-refractivity contribution in [1.29, 1.82) is 0 Å². The number of nitrogens with one attached hydrogen (secondary N) is 2. The molecule has 0 aromatic heterocycles. The van der Waals surface area contributed by atoms with E-state index in [9.17, 15) is 27.6 Å². The lowest BCUT2D eigenvalue weighted by Crippen LogP contribution is -2.35. The highest BCUT2D eigenvalue weighted by Crippen LogP contribution is 2.45. The lowest BCUT2D eigenvalue weighted by molar-refractivity contribution is -0.141. The molecule has 3 rings (SSSR count). The second-order valence-electron chi connectivity index (χ2n) is 9.15. The standard InChI is InChI=1S/C30H33F3N2O6/c1-5-40-28(37)26-23(17-16-22(35-29(38)41-6-2)19-12-8-7-9-13-19)34-18(3)24(27(36)39-4)25(26)20-14-10-11-15-21(20)30(31,32)33/h7-15,22,25,34H,5-6,16-17H2,1-4H3,(H,35,38). The number of esters is 2. The van der Waals surface area contributed by atoms with Crippen molar-refractivity contribution in [3.05, 3.63) is 93.8 Å². The molecule has 11 heteroatoms. The van der Waals surface area contributed by atoms with Gasteiger partial charge in [-0.15, -0.1) is 0 Å². The second-order valence-corrected chi connectivity index (χ2v) is 9.15. The molecule has 2 aromatic carbocycles. The zero-order valence-electron chi connectivity index (χ0n) is 23.3. The van der Waals surface area contributed by atoms with Crippen molar-refractivity contribution in [1.82, 2.24) is 10.6 Å². The summed E-state index contributed by atoms with van der Waals surface area (Å²) in [5.74, 6) is -3.19. The fraction of sp³-hybridized carbons (Fsp3) is 0.367. The van der Waals surface area contributed by atoms with Gasteiger partial charge in [0, 0.05) is 11.4 Å². The number of alkyl halides is 3. The van der Waals surface area contributed by atoms with Crippen LogP contribution in [0, 0.1) is 0 Å². The van der Waals surface area contributed by atoms with Gasteiger partial charge < -0.3 is 24.8 Å². The summed E-state index contributed by atoms with van der Waals surface area (Å²) in [6.45, 7) is 4.89. The molecular weight excluding hydrogens is 541 g/mol. The van der Waals surface area contributed by atoms with Crippen molar-refractivity contribution in [2.45, 2.75) is 51.7 Å². The van der Waals surface area contributed by atoms with Crippen LogP contribution in [0.15, 0.2) is 77.1 Å². The predicted molar refractivity (Wildman–Crippen MR) is 144 cm³/mol. The topological polar surface area (TPSA) is 103 Å². The van der Waals surface area contributed by atoms with E-state index >= 15 is 0 Å². The molecule has 0 saturated heterocycles. The van der Waals surface area contributed by atoms with Gasteiger partial charge >= 0.3 is 24.2 Å². The molecule has 8 nitrogen and oxygen atoms in total. The van der Waals surface area contributed by atoms with Gasteiger partial charge in [0.25, 0.3) is 0 Å². The molecule has 0 fully saturated rings. The van der Waals surface area contributed by atoms with Gasteiger partial charge in [0.2, 0.25) is 0 Å². The van der Waals surface area contributed by atoms with E-state index in [1.165, 1.54) is 25.1 Å². The Bertz CT molecular complexity index is 1320. The number of halogens is 3. The quantitative estimate of drug-likeness (QED) is 0.268. The second kappa shape index (κ2) is 13.9. The van der Waals surface area contributed by atoms with E-state index in [1.807, 2.05) is 18.2 Å². The number of ether oxygens (including phenoxy) is 3. The number of methoxy groups -OCH3 is 1. The molecule has 0 bridgehead atoms. The summed E-state index contributed by atoms with van der Waals surface area (Å²) < 4.78 is 57.8. The van der Waals surface area contributed by atoms with Crippen LogP contribution in [0.3, 0.4) is 0 Å². The molecule has 1 amide bonds. The SMILES string of the molecule is CCOC(=O)NC(CCC1=C(C(=O)OCC)C(c2ccccc2C(F)(F)F)C(C(=O)OC)=C(C)N1)c1ccccc1. The first-order valence-electron chi connectivity index (χ1n) is 13.1. The van der Waals surface area contributed by atoms with Crippen molar-refractivity contribution in [2.75, 3.05) is 20.3 Å². The van der Waals surface area contributed by atoms with Crippen molar-refractivity contribution in [3.8, 4) is 0 Å². The zero-order chi connectivity index (χ0) is 30.2. The molecule has 41 heavy (non-hydrogen) atoms. The van der Waals surface area contributed by atoms with E-state index in [0.717, 1.165) is 18.7 Å². The molecule has 1 aliphatic rings. The normalized spacial score (nSPS) is 16.0. The van der Waals surface area contributed by atoms with E-state index in [2.05, 4.69) is 10.6 Å². The van der Waals surface area contributed by atoms with Crippen LogP contribution >= 0.6 is 0 Å². The first-order valence-corrected chi connectivity index (χ1v) is 13.1. The largest absolute Gasteiger partial charge is 0.466 e. The number of amides is 1. The van der Waals surface area contributed by atoms with Gasteiger partial charge in [0.1, 0.15) is 0 Å². The number of dihydropyridines is 1. The molecule has 220 valence electrons. The fourth-order valence-corrected chi connectivity index (χ4v) is 4.85. The smallest absolute Gasteiger partial charge is 0.416 e. The highest BCUT2D eigenvalue weighted by atomic mass is 19.4. The number of hydrogen-bond donors (Lipinski definition) is 2. The first kappa shape index (κ1) is 31.3. The number of benzene rings is 2. The maximum absolute atomic E-state index is 14.2. The van der Waals surface area contributed by atoms with Crippen LogP contribution in [0.2, 0.25) is 0 Å². The third kappa shape index (κ3) is 7.47. The van der Waals surface area contributed by atoms with Crippen LogP contribution in [0.4, 0.5) is 18.0 Å². The number of carbonyl (C=O) groups is 3. The van der Waals surface area contributed by atoms with Crippen LogP contribution in [0.25, 0.3) is 0 Å². The van der Waals surface area contributed by atoms with E-state index in [-0.39, 0.29) is 54.2 Å². The monoisotopic (exact) mass is 574 g/mol. The number of alkyl carbamates (subject to hydrolysis) is 1. The third-order valence-corrected chi connectivity index (χ3v) is 6.58. The van der Waals surface area contributed by atoms with Gasteiger partial charge in [-0.1, -0.05) is 48.5 Å². The van der Waals surface area contributed by atoms with E-state index in [0.29, 0.717) is 0 Å². The Balaban J connectivity index is 2.17. The molecule has 2 N–H and O–H groups in total. The Kier molecular flexibility index (Phi) is 10.6. The predicted octanol–water partition coefficient (Wildman–Crippen LogP) is 5.92. The Morgan fingerprint density at radius 3 is 2.17 bits per heavy atom. The van der Waals surface area contributed by atoms with E-state index in [1.54, 1.807) is 26.0 Å². The lowest BCUT2D eigenvalue weighted by atomic mass is 9.77. The van der Waals surface area contributed by atoms with Gasteiger partial charge in [0.05, 0.1) is 49.0 Å². The van der Waals surface area contributed by atoms with Gasteiger partial charge in [-0.05, 0) is 50.8 Å². The van der Waals surface area contributed by atoms with Gasteiger partial charge in [-0.2, -0.15) is 13.2 Å². The lowest BCUT2D eigenvalue weighted by Gasteiger charge is -2.33. The van der Waals surface area contributed by atoms with Crippen LogP contribution in [0.1, 0.15) is 62.3 Å². The molecule has 0 saturated carbocycles. The van der Waals surface area contributed by atoms with Crippen LogP contribution in [-0.4, -0.2) is 38.4 Å². The Morgan fingerprint density at radius 2 is 1.56 bits per heavy atom. The van der Waals surface area contributed by atoms with Crippen molar-refractivity contribution < 1.29 is 41.8 Å². The number of rotatable bonds is 10. The minimum Gasteiger partial charge on any atom is -0.466 e. The number of hydrogen-bond acceptors (Lipinski definition) is 7. The summed E-state index contributed by atoms with van der Waals surface area (Å²) in [7, 11) is 1.12. The van der Waals surface area contributed by atoms with Crippen LogP contribution in [0.5, 0.6) is 0 Å². The molecule has 2 aromatic rings. The minimum atomic E-state index is -4.77. The molecule has 0 radical (unpaired) electrons. The molecular formula is C30H33F3N2O6. The Hall–Kier alpha value is -4.28. The fourth-order valence-electron chi connectivity index (χ4n) is 4.85. The Labute approximate surface area is 236 Å². The minimum absolute atomic E-state index is 0.0451. The Morgan fingerprint density at radius 1 is 0.927 bits per heavy atom.